The third kappa shape index (κ3) is 5.43. The van der Waals surface area contributed by atoms with E-state index in [0.717, 1.165) is 28.1 Å². The fraction of sp³-hybridized carbons (Fsp3) is 0.444. The van der Waals surface area contributed by atoms with Crippen LogP contribution < -0.4 is 10.2 Å². The maximum atomic E-state index is 12.4. The van der Waals surface area contributed by atoms with Crippen LogP contribution in [-0.4, -0.2) is 60.7 Å². The average Bonchev–Trinajstić information content (AvgIpc) is 3.21. The van der Waals surface area contributed by atoms with Crippen molar-refractivity contribution in [3.8, 4) is 0 Å². The molecule has 1 aliphatic rings. The van der Waals surface area contributed by atoms with Gasteiger partial charge in [0.1, 0.15) is 0 Å². The number of hydrogen-bond acceptors (Lipinski definition) is 9. The summed E-state index contributed by atoms with van der Waals surface area (Å²) >= 11 is 2.89. The molecule has 0 bridgehead atoms. The number of methoxy groups -OCH3 is 1. The van der Waals surface area contributed by atoms with Crippen LogP contribution in [0.25, 0.3) is 0 Å². The summed E-state index contributed by atoms with van der Waals surface area (Å²) in [5.74, 6) is -0.459. The highest BCUT2D eigenvalue weighted by atomic mass is 32.2. The maximum Gasteiger partial charge on any atom is 0.337 e. The molecule has 0 saturated carbocycles. The highest BCUT2D eigenvalue weighted by molar-refractivity contribution is 8.02. The zero-order valence-corrected chi connectivity index (χ0v) is 17.3. The number of nitrogens with zero attached hydrogens (tertiary/aromatic N) is 3. The number of esters is 1. The molecule has 1 aromatic carbocycles. The summed E-state index contributed by atoms with van der Waals surface area (Å²) in [6, 6.07) is 6.95. The van der Waals surface area contributed by atoms with E-state index < -0.39 is 0 Å². The number of carbonyl (C=O) groups excluding carboxylic acids is 2. The van der Waals surface area contributed by atoms with E-state index in [2.05, 4.69) is 25.2 Å². The van der Waals surface area contributed by atoms with E-state index in [1.54, 1.807) is 24.3 Å². The van der Waals surface area contributed by atoms with Crippen molar-refractivity contribution < 1.29 is 19.1 Å². The minimum absolute atomic E-state index is 0.0785. The quantitative estimate of drug-likeness (QED) is 0.535. The van der Waals surface area contributed by atoms with Crippen molar-refractivity contribution in [2.45, 2.75) is 23.1 Å². The lowest BCUT2D eigenvalue weighted by atomic mass is 10.1. The second-order valence-electron chi connectivity index (χ2n) is 6.12. The normalized spacial score (nSPS) is 15.1. The molecule has 0 aliphatic carbocycles. The van der Waals surface area contributed by atoms with Crippen LogP contribution in [0.15, 0.2) is 28.6 Å². The van der Waals surface area contributed by atoms with E-state index in [-0.39, 0.29) is 17.1 Å². The predicted octanol–water partition coefficient (Wildman–Crippen LogP) is 1.96. The molecule has 0 radical (unpaired) electrons. The number of nitrogens with one attached hydrogen (secondary N) is 1. The van der Waals surface area contributed by atoms with Gasteiger partial charge in [-0.3, -0.25) is 4.79 Å². The van der Waals surface area contributed by atoms with Crippen LogP contribution in [0.1, 0.15) is 22.8 Å². The SMILES string of the molecule is COC(=O)c1ccc(CNC(=O)C(C)Sc2nnc(N3CCOCC3)s2)cc1. The highest BCUT2D eigenvalue weighted by Crippen LogP contribution is 2.31. The van der Waals surface area contributed by atoms with Crippen LogP contribution in [0.5, 0.6) is 0 Å². The van der Waals surface area contributed by atoms with E-state index in [0.29, 0.717) is 25.3 Å². The highest BCUT2D eigenvalue weighted by Gasteiger charge is 2.20. The number of anilines is 1. The Morgan fingerprint density at radius 3 is 2.68 bits per heavy atom. The Hall–Kier alpha value is -2.17. The molecule has 8 nitrogen and oxygen atoms in total. The summed E-state index contributed by atoms with van der Waals surface area (Å²) in [5, 5.41) is 11.9. The van der Waals surface area contributed by atoms with E-state index in [9.17, 15) is 9.59 Å². The van der Waals surface area contributed by atoms with Gasteiger partial charge in [0.05, 0.1) is 31.1 Å². The van der Waals surface area contributed by atoms with E-state index in [1.807, 2.05) is 6.92 Å². The summed E-state index contributed by atoms with van der Waals surface area (Å²) in [7, 11) is 1.34. The number of ether oxygens (including phenoxy) is 2. The Morgan fingerprint density at radius 1 is 1.29 bits per heavy atom. The van der Waals surface area contributed by atoms with Crippen molar-refractivity contribution in [3.05, 3.63) is 35.4 Å². The second-order valence-corrected chi connectivity index (χ2v) is 8.66. The Kier molecular flexibility index (Phi) is 7.24. The van der Waals surface area contributed by atoms with Crippen LogP contribution in [0, 0.1) is 0 Å². The minimum Gasteiger partial charge on any atom is -0.465 e. The van der Waals surface area contributed by atoms with Gasteiger partial charge >= 0.3 is 5.97 Å². The van der Waals surface area contributed by atoms with Crippen molar-refractivity contribution in [1.82, 2.24) is 15.5 Å². The van der Waals surface area contributed by atoms with Gasteiger partial charge in [-0.15, -0.1) is 10.2 Å². The van der Waals surface area contributed by atoms with Crippen molar-refractivity contribution in [2.24, 2.45) is 0 Å². The molecule has 1 aromatic heterocycles. The van der Waals surface area contributed by atoms with Crippen molar-refractivity contribution in [3.63, 3.8) is 0 Å². The topological polar surface area (TPSA) is 93.6 Å². The first kappa shape index (κ1) is 20.6. The Balaban J connectivity index is 1.48. The van der Waals surface area contributed by atoms with Crippen LogP contribution in [0.4, 0.5) is 5.13 Å². The van der Waals surface area contributed by atoms with Crippen molar-refractivity contribution >= 4 is 40.1 Å². The minimum atomic E-state index is -0.380. The van der Waals surface area contributed by atoms with Gasteiger partial charge in [0.25, 0.3) is 0 Å². The molecule has 2 heterocycles. The first-order valence-electron chi connectivity index (χ1n) is 8.84. The molecule has 1 fully saturated rings. The monoisotopic (exact) mass is 422 g/mol. The number of hydrogen-bond donors (Lipinski definition) is 1. The summed E-state index contributed by atoms with van der Waals surface area (Å²) in [6.07, 6.45) is 0. The van der Waals surface area contributed by atoms with Gasteiger partial charge in [-0.05, 0) is 24.6 Å². The predicted molar refractivity (Wildman–Crippen MR) is 108 cm³/mol. The van der Waals surface area contributed by atoms with E-state index >= 15 is 0 Å². The fourth-order valence-electron chi connectivity index (χ4n) is 2.55. The third-order valence-corrected chi connectivity index (χ3v) is 6.33. The Morgan fingerprint density at radius 2 is 2.00 bits per heavy atom. The summed E-state index contributed by atoms with van der Waals surface area (Å²) < 4.78 is 10.8. The van der Waals surface area contributed by atoms with Gasteiger partial charge in [-0.2, -0.15) is 0 Å². The first-order valence-corrected chi connectivity index (χ1v) is 10.5. The number of benzene rings is 1. The molecule has 1 unspecified atom stereocenters. The Bertz CT molecular complexity index is 806. The third-order valence-electron chi connectivity index (χ3n) is 4.17. The fourth-order valence-corrected chi connectivity index (χ4v) is 4.61. The molecule has 150 valence electrons. The number of aromatic nitrogens is 2. The summed E-state index contributed by atoms with van der Waals surface area (Å²) in [6.45, 7) is 5.24. The standard InChI is InChI=1S/C18H22N4O4S2/c1-12(27-18-21-20-17(28-18)22-7-9-26-10-8-22)15(23)19-11-13-3-5-14(6-4-13)16(24)25-2/h3-6,12H,7-11H2,1-2H3,(H,19,23). The molecule has 28 heavy (non-hydrogen) atoms. The largest absolute Gasteiger partial charge is 0.465 e. The lowest BCUT2D eigenvalue weighted by Crippen LogP contribution is -2.36. The number of morpholine rings is 1. The number of thioether (sulfide) groups is 1. The zero-order chi connectivity index (χ0) is 19.9. The van der Waals surface area contributed by atoms with Gasteiger partial charge in [0.2, 0.25) is 11.0 Å². The van der Waals surface area contributed by atoms with Crippen LogP contribution in [0.3, 0.4) is 0 Å². The van der Waals surface area contributed by atoms with Gasteiger partial charge in [0.15, 0.2) is 4.34 Å². The molecule has 0 spiro atoms. The van der Waals surface area contributed by atoms with Gasteiger partial charge in [-0.1, -0.05) is 35.2 Å². The maximum absolute atomic E-state index is 12.4. The van der Waals surface area contributed by atoms with Crippen LogP contribution >= 0.6 is 23.1 Å². The number of carbonyl (C=O) groups is 2. The lowest BCUT2D eigenvalue weighted by molar-refractivity contribution is -0.120. The van der Waals surface area contributed by atoms with E-state index in [1.165, 1.54) is 30.2 Å². The van der Waals surface area contributed by atoms with Gasteiger partial charge in [0, 0.05) is 19.6 Å². The molecule has 1 saturated heterocycles. The summed E-state index contributed by atoms with van der Waals surface area (Å²) in [4.78, 5) is 26.0. The van der Waals surface area contributed by atoms with Crippen molar-refractivity contribution in [1.29, 1.82) is 0 Å². The first-order chi connectivity index (χ1) is 13.6. The number of amides is 1. The molecule has 1 aliphatic heterocycles. The summed E-state index contributed by atoms with van der Waals surface area (Å²) in [5.41, 5.74) is 1.39. The smallest absolute Gasteiger partial charge is 0.337 e. The van der Waals surface area contributed by atoms with Crippen LogP contribution in [-0.2, 0) is 20.8 Å². The zero-order valence-electron chi connectivity index (χ0n) is 15.7. The number of rotatable bonds is 7. The van der Waals surface area contributed by atoms with Crippen LogP contribution in [0.2, 0.25) is 0 Å². The Labute approximate surface area is 171 Å². The van der Waals surface area contributed by atoms with E-state index in [4.69, 9.17) is 4.74 Å². The molecule has 3 rings (SSSR count). The lowest BCUT2D eigenvalue weighted by Gasteiger charge is -2.25. The molecule has 1 N–H and O–H groups in total. The van der Waals surface area contributed by atoms with Gasteiger partial charge in [-0.25, -0.2) is 4.79 Å². The second kappa shape index (κ2) is 9.85. The average molecular weight is 423 g/mol. The molecule has 2 aromatic rings. The van der Waals surface area contributed by atoms with Gasteiger partial charge < -0.3 is 19.7 Å². The van der Waals surface area contributed by atoms with Crippen molar-refractivity contribution in [2.75, 3.05) is 38.3 Å². The molecular formula is C18H22N4O4S2. The molecule has 1 atom stereocenters. The molecule has 1 amide bonds. The molecule has 10 heteroatoms. The molecular weight excluding hydrogens is 400 g/mol.